The quantitative estimate of drug-likeness (QED) is 0.447. The Morgan fingerprint density at radius 3 is 2.65 bits per heavy atom. The second-order valence-corrected chi connectivity index (χ2v) is 7.86. The summed E-state index contributed by atoms with van der Waals surface area (Å²) in [6.45, 7) is 1.41. The van der Waals surface area contributed by atoms with Crippen LogP contribution in [0.5, 0.6) is 0 Å². The maximum Gasteiger partial charge on any atom is 0.143 e. The van der Waals surface area contributed by atoms with Gasteiger partial charge in [-0.15, -0.1) is 5.10 Å². The first-order valence-corrected chi connectivity index (χ1v) is 9.84. The van der Waals surface area contributed by atoms with Gasteiger partial charge in [0.1, 0.15) is 35.0 Å². The minimum absolute atomic E-state index is 0.139. The van der Waals surface area contributed by atoms with E-state index in [4.69, 9.17) is 27.7 Å². The number of hydrogen-bond acceptors (Lipinski definition) is 6. The van der Waals surface area contributed by atoms with E-state index in [0.29, 0.717) is 27.4 Å². The summed E-state index contributed by atoms with van der Waals surface area (Å²) in [5, 5.41) is 27.3. The first kappa shape index (κ1) is 21.4. The van der Waals surface area contributed by atoms with Gasteiger partial charge in [-0.2, -0.15) is 0 Å². The van der Waals surface area contributed by atoms with Gasteiger partial charge in [0, 0.05) is 28.3 Å². The summed E-state index contributed by atoms with van der Waals surface area (Å²) in [6.07, 6.45) is 1.28. The maximum atomic E-state index is 14.7. The number of hydrogen-bond donors (Lipinski definition) is 1. The van der Waals surface area contributed by atoms with E-state index in [2.05, 4.69) is 20.7 Å². The number of rotatable bonds is 6. The molecule has 0 bridgehead atoms. The highest BCUT2D eigenvalue weighted by atomic mass is 35.5. The van der Waals surface area contributed by atoms with Crippen molar-refractivity contribution in [2.24, 2.45) is 0 Å². The van der Waals surface area contributed by atoms with Crippen molar-refractivity contribution in [3.63, 3.8) is 0 Å². The Labute approximate surface area is 185 Å². The van der Waals surface area contributed by atoms with Gasteiger partial charge in [0.25, 0.3) is 0 Å². The average molecular weight is 466 g/mol. The van der Waals surface area contributed by atoms with Crippen LogP contribution in [0.25, 0.3) is 11.3 Å². The summed E-state index contributed by atoms with van der Waals surface area (Å²) in [4.78, 5) is 0. The fourth-order valence-electron chi connectivity index (χ4n) is 3.35. The summed E-state index contributed by atoms with van der Waals surface area (Å²) in [5.41, 5.74) is -1.05. The Kier molecular flexibility index (Phi) is 5.74. The second-order valence-electron chi connectivity index (χ2n) is 7.02. The van der Waals surface area contributed by atoms with Gasteiger partial charge in [-0.1, -0.05) is 41.3 Å². The molecule has 0 saturated carbocycles. The Balaban J connectivity index is 1.76. The van der Waals surface area contributed by atoms with Crippen LogP contribution < -0.4 is 0 Å². The van der Waals surface area contributed by atoms with E-state index in [1.54, 1.807) is 31.2 Å². The normalized spacial score (nSPS) is 14.4. The smallest absolute Gasteiger partial charge is 0.143 e. The molecule has 2 heterocycles. The van der Waals surface area contributed by atoms with Crippen molar-refractivity contribution in [2.45, 2.75) is 25.0 Å². The van der Waals surface area contributed by atoms with Gasteiger partial charge in [-0.05, 0) is 34.7 Å². The van der Waals surface area contributed by atoms with Crippen molar-refractivity contribution in [3.05, 3.63) is 81.8 Å². The highest BCUT2D eigenvalue weighted by Gasteiger charge is 2.42. The van der Waals surface area contributed by atoms with Crippen molar-refractivity contribution in [3.8, 4) is 11.3 Å². The zero-order valence-corrected chi connectivity index (χ0v) is 17.5. The fourth-order valence-corrected chi connectivity index (χ4v) is 3.85. The standard InChI is InChI=1S/C20H15Cl2F2N5O2/c1-11(19-8-18(26-31-19)14-4-2-12(21)6-16(14)22)20(30,9-29-10-25-27-28-29)15-5-3-13(23)7-17(15)24/h2-8,10-11,30H,9H2,1H3/t11-,20+/m0/s1. The van der Waals surface area contributed by atoms with Gasteiger partial charge in [-0.3, -0.25) is 0 Å². The summed E-state index contributed by atoms with van der Waals surface area (Å²) >= 11 is 12.2. The second kappa shape index (κ2) is 8.33. The Morgan fingerprint density at radius 2 is 1.97 bits per heavy atom. The molecule has 0 saturated heterocycles. The van der Waals surface area contributed by atoms with Crippen LogP contribution in [0.1, 0.15) is 24.2 Å². The lowest BCUT2D eigenvalue weighted by Crippen LogP contribution is -2.38. The molecule has 7 nitrogen and oxygen atoms in total. The number of tetrazole rings is 1. The lowest BCUT2D eigenvalue weighted by atomic mass is 9.80. The molecule has 0 unspecified atom stereocenters. The number of aliphatic hydroxyl groups is 1. The Hall–Kier alpha value is -2.88. The number of benzene rings is 2. The topological polar surface area (TPSA) is 89.9 Å². The van der Waals surface area contributed by atoms with Crippen LogP contribution in [0.3, 0.4) is 0 Å². The minimum atomic E-state index is -1.90. The number of halogens is 4. The predicted octanol–water partition coefficient (Wildman–Crippen LogP) is 4.60. The van der Waals surface area contributed by atoms with Crippen LogP contribution in [0.4, 0.5) is 8.78 Å². The minimum Gasteiger partial charge on any atom is -0.382 e. The molecule has 2 aromatic carbocycles. The summed E-state index contributed by atoms with van der Waals surface area (Å²) in [5.74, 6) is -2.26. The Bertz CT molecular complexity index is 1220. The van der Waals surface area contributed by atoms with Crippen molar-refractivity contribution in [1.29, 1.82) is 0 Å². The fraction of sp³-hybridized carbons (Fsp3) is 0.200. The molecular weight excluding hydrogens is 451 g/mol. The molecule has 4 rings (SSSR count). The van der Waals surface area contributed by atoms with Crippen LogP contribution >= 0.6 is 23.2 Å². The molecule has 0 radical (unpaired) electrons. The van der Waals surface area contributed by atoms with Gasteiger partial charge in [-0.25, -0.2) is 13.5 Å². The molecule has 0 spiro atoms. The SMILES string of the molecule is C[C@@H](c1cc(-c2ccc(Cl)cc2Cl)no1)[C@](O)(Cn1cnnn1)c1ccc(F)cc1F. The molecule has 0 fully saturated rings. The largest absolute Gasteiger partial charge is 0.382 e. The van der Waals surface area contributed by atoms with E-state index in [-0.39, 0.29) is 17.9 Å². The molecule has 2 aromatic heterocycles. The lowest BCUT2D eigenvalue weighted by molar-refractivity contribution is -0.0185. The molecule has 11 heteroatoms. The molecule has 31 heavy (non-hydrogen) atoms. The third kappa shape index (κ3) is 4.16. The zero-order valence-electron chi connectivity index (χ0n) is 16.0. The summed E-state index contributed by atoms with van der Waals surface area (Å²) < 4.78 is 34.9. The van der Waals surface area contributed by atoms with Gasteiger partial charge in [0.05, 0.1) is 17.5 Å². The molecule has 2 atom stereocenters. The van der Waals surface area contributed by atoms with Crippen LogP contribution in [0.2, 0.25) is 10.0 Å². The van der Waals surface area contributed by atoms with Crippen LogP contribution in [0.15, 0.2) is 53.3 Å². The van der Waals surface area contributed by atoms with E-state index in [0.717, 1.165) is 6.07 Å². The summed E-state index contributed by atoms with van der Waals surface area (Å²) in [6, 6.07) is 9.44. The van der Waals surface area contributed by atoms with E-state index < -0.39 is 23.2 Å². The Morgan fingerprint density at radius 1 is 1.16 bits per heavy atom. The van der Waals surface area contributed by atoms with E-state index in [1.165, 1.54) is 17.1 Å². The highest BCUT2D eigenvalue weighted by Crippen LogP contribution is 2.41. The van der Waals surface area contributed by atoms with E-state index >= 15 is 0 Å². The molecule has 0 aliphatic carbocycles. The zero-order chi connectivity index (χ0) is 22.2. The van der Waals surface area contributed by atoms with Crippen LogP contribution in [-0.4, -0.2) is 30.5 Å². The monoisotopic (exact) mass is 465 g/mol. The van der Waals surface area contributed by atoms with Crippen molar-refractivity contribution < 1.29 is 18.4 Å². The first-order chi connectivity index (χ1) is 14.8. The predicted molar refractivity (Wildman–Crippen MR) is 108 cm³/mol. The van der Waals surface area contributed by atoms with Crippen LogP contribution in [0, 0.1) is 11.6 Å². The molecule has 0 aliphatic rings. The van der Waals surface area contributed by atoms with Crippen molar-refractivity contribution in [1.82, 2.24) is 25.4 Å². The molecule has 4 aromatic rings. The molecular formula is C20H15Cl2F2N5O2. The van der Waals surface area contributed by atoms with E-state index in [1.807, 2.05) is 0 Å². The first-order valence-electron chi connectivity index (χ1n) is 9.08. The third-order valence-corrected chi connectivity index (χ3v) is 5.62. The van der Waals surface area contributed by atoms with Gasteiger partial charge < -0.3 is 9.63 Å². The van der Waals surface area contributed by atoms with Crippen molar-refractivity contribution >= 4 is 23.2 Å². The molecule has 1 N–H and O–H groups in total. The number of nitrogens with zero attached hydrogens (tertiary/aromatic N) is 5. The molecule has 160 valence electrons. The number of aromatic nitrogens is 5. The average Bonchev–Trinajstić information content (AvgIpc) is 3.39. The third-order valence-electron chi connectivity index (χ3n) is 5.07. The van der Waals surface area contributed by atoms with Gasteiger partial charge in [0.15, 0.2) is 0 Å². The van der Waals surface area contributed by atoms with Crippen molar-refractivity contribution in [2.75, 3.05) is 0 Å². The van der Waals surface area contributed by atoms with Gasteiger partial charge >= 0.3 is 0 Å². The van der Waals surface area contributed by atoms with E-state index in [9.17, 15) is 13.9 Å². The maximum absolute atomic E-state index is 14.7. The molecule has 0 amide bonds. The van der Waals surface area contributed by atoms with Crippen LogP contribution in [-0.2, 0) is 12.1 Å². The lowest BCUT2D eigenvalue weighted by Gasteiger charge is -2.33. The van der Waals surface area contributed by atoms with Gasteiger partial charge in [0.2, 0.25) is 0 Å². The summed E-state index contributed by atoms with van der Waals surface area (Å²) in [7, 11) is 0. The highest BCUT2D eigenvalue weighted by molar-refractivity contribution is 6.36. The molecule has 0 aliphatic heterocycles.